The van der Waals surface area contributed by atoms with Crippen LogP contribution < -0.4 is 0 Å². The van der Waals surface area contributed by atoms with Gasteiger partial charge in [-0.15, -0.1) is 0 Å². The zero-order valence-electron chi connectivity index (χ0n) is 18.1. The summed E-state index contributed by atoms with van der Waals surface area (Å²) in [6, 6.07) is 6.17. The Morgan fingerprint density at radius 1 is 1.10 bits per heavy atom. The minimum Gasteiger partial charge on any atom is -0.469 e. The topological polar surface area (TPSA) is 46.6 Å². The summed E-state index contributed by atoms with van der Waals surface area (Å²) in [5, 5.41) is 1.12. The van der Waals surface area contributed by atoms with Crippen molar-refractivity contribution in [3.05, 3.63) is 34.9 Å². The van der Waals surface area contributed by atoms with E-state index in [1.165, 1.54) is 69.6 Å². The quantitative estimate of drug-likeness (QED) is 0.191. The van der Waals surface area contributed by atoms with Gasteiger partial charge < -0.3 is 9.64 Å². The summed E-state index contributed by atoms with van der Waals surface area (Å²) in [5.41, 5.74) is 3.35. The monoisotopic (exact) mass is 465 g/mol. The van der Waals surface area contributed by atoms with Crippen LogP contribution >= 0.6 is 15.9 Å². The average Bonchev–Trinajstić information content (AvgIpc) is 3.08. The number of hydrogen-bond donors (Lipinski definition) is 0. The molecule has 0 bridgehead atoms. The van der Waals surface area contributed by atoms with E-state index in [4.69, 9.17) is 4.74 Å². The summed E-state index contributed by atoms with van der Waals surface area (Å²) < 4.78 is 4.72. The van der Waals surface area contributed by atoms with E-state index in [1.807, 2.05) is 24.0 Å². The van der Waals surface area contributed by atoms with Gasteiger partial charge in [-0.25, -0.2) is 0 Å². The first-order valence-corrected chi connectivity index (χ1v) is 12.2. The van der Waals surface area contributed by atoms with E-state index in [-0.39, 0.29) is 17.9 Å². The first-order valence-electron chi connectivity index (χ1n) is 11.1. The standard InChI is InChI=1S/C24H36BrNO3/c1-19(15-16-23(27)29-2)26-18-22-20(13-11-14-21(22)24(26)28)12-9-7-5-3-4-6-8-10-17-25/h11,13-14,19H,3-10,12,15-18H2,1-2H3. The second-order valence-electron chi connectivity index (χ2n) is 8.11. The second kappa shape index (κ2) is 13.0. The lowest BCUT2D eigenvalue weighted by atomic mass is 9.98. The molecular formula is C24H36BrNO3. The number of nitrogens with zero attached hydrogens (tertiary/aromatic N) is 1. The number of rotatable bonds is 14. The third kappa shape index (κ3) is 7.44. The molecule has 1 unspecified atom stereocenters. The van der Waals surface area contributed by atoms with Crippen LogP contribution in [0.15, 0.2) is 18.2 Å². The highest BCUT2D eigenvalue weighted by Crippen LogP contribution is 2.29. The Bertz CT molecular complexity index is 662. The SMILES string of the molecule is COC(=O)CCC(C)N1Cc2c(CCCCCCCCCCBr)cccc2C1=O. The fourth-order valence-corrected chi connectivity index (χ4v) is 4.46. The number of ether oxygens (including phenoxy) is 1. The summed E-state index contributed by atoms with van der Waals surface area (Å²) in [7, 11) is 1.40. The summed E-state index contributed by atoms with van der Waals surface area (Å²) in [4.78, 5) is 26.2. The van der Waals surface area contributed by atoms with Crippen LogP contribution in [0.3, 0.4) is 0 Å². The van der Waals surface area contributed by atoms with Crippen LogP contribution in [0.1, 0.15) is 92.6 Å². The van der Waals surface area contributed by atoms with Crippen LogP contribution in [0, 0.1) is 0 Å². The van der Waals surface area contributed by atoms with Gasteiger partial charge in [-0.1, -0.05) is 66.6 Å². The number of methoxy groups -OCH3 is 1. The van der Waals surface area contributed by atoms with Crippen LogP contribution in [0.4, 0.5) is 0 Å². The van der Waals surface area contributed by atoms with Gasteiger partial charge in [0.25, 0.3) is 5.91 Å². The Kier molecular flexibility index (Phi) is 10.8. The number of carbonyl (C=O) groups excluding carboxylic acids is 2. The van der Waals surface area contributed by atoms with Crippen molar-refractivity contribution in [2.45, 2.75) is 90.1 Å². The molecule has 0 radical (unpaired) electrons. The van der Waals surface area contributed by atoms with Crippen LogP contribution in [-0.2, 0) is 22.5 Å². The molecule has 0 saturated carbocycles. The molecule has 0 aliphatic carbocycles. The van der Waals surface area contributed by atoms with E-state index in [0.29, 0.717) is 19.4 Å². The average molecular weight is 466 g/mol. The van der Waals surface area contributed by atoms with Gasteiger partial charge in [-0.3, -0.25) is 9.59 Å². The van der Waals surface area contributed by atoms with Gasteiger partial charge >= 0.3 is 5.97 Å². The molecule has 1 aromatic rings. The first-order chi connectivity index (χ1) is 14.1. The van der Waals surface area contributed by atoms with Gasteiger partial charge in [-0.2, -0.15) is 0 Å². The van der Waals surface area contributed by atoms with E-state index < -0.39 is 0 Å². The lowest BCUT2D eigenvalue weighted by Gasteiger charge is -2.24. The summed E-state index contributed by atoms with van der Waals surface area (Å²) in [5.74, 6) is -0.118. The molecule has 0 aromatic heterocycles. The van der Waals surface area contributed by atoms with E-state index >= 15 is 0 Å². The number of aryl methyl sites for hydroxylation is 1. The van der Waals surface area contributed by atoms with Crippen molar-refractivity contribution in [3.8, 4) is 0 Å². The normalized spacial score (nSPS) is 14.2. The molecule has 29 heavy (non-hydrogen) atoms. The molecule has 0 saturated heterocycles. The van der Waals surface area contributed by atoms with Gasteiger partial charge in [0.15, 0.2) is 0 Å². The van der Waals surface area contributed by atoms with Gasteiger partial charge in [0.05, 0.1) is 7.11 Å². The van der Waals surface area contributed by atoms with Crippen LogP contribution in [0.5, 0.6) is 0 Å². The largest absolute Gasteiger partial charge is 0.469 e. The highest BCUT2D eigenvalue weighted by Gasteiger charge is 2.32. The Hall–Kier alpha value is -1.36. The van der Waals surface area contributed by atoms with Crippen molar-refractivity contribution < 1.29 is 14.3 Å². The summed E-state index contributed by atoms with van der Waals surface area (Å²) in [6.45, 7) is 2.69. The number of benzene rings is 1. The molecule has 1 atom stereocenters. The molecular weight excluding hydrogens is 430 g/mol. The number of amides is 1. The molecule has 1 aliphatic heterocycles. The Balaban J connectivity index is 1.78. The fraction of sp³-hybridized carbons (Fsp3) is 0.667. The molecule has 0 fully saturated rings. The van der Waals surface area contributed by atoms with Crippen LogP contribution in [0.25, 0.3) is 0 Å². The minimum absolute atomic E-state index is 0.0337. The highest BCUT2D eigenvalue weighted by molar-refractivity contribution is 9.09. The Morgan fingerprint density at radius 3 is 2.41 bits per heavy atom. The lowest BCUT2D eigenvalue weighted by molar-refractivity contribution is -0.141. The van der Waals surface area contributed by atoms with E-state index in [1.54, 1.807) is 0 Å². The van der Waals surface area contributed by atoms with E-state index in [2.05, 4.69) is 22.0 Å². The van der Waals surface area contributed by atoms with Gasteiger partial charge in [0.1, 0.15) is 0 Å². The third-order valence-electron chi connectivity index (χ3n) is 5.95. The molecule has 5 heteroatoms. The van der Waals surface area contributed by atoms with Gasteiger partial charge in [-0.05, 0) is 49.8 Å². The van der Waals surface area contributed by atoms with Crippen molar-refractivity contribution in [1.82, 2.24) is 4.90 Å². The van der Waals surface area contributed by atoms with Crippen LogP contribution in [-0.4, -0.2) is 35.3 Å². The molecule has 1 heterocycles. The smallest absolute Gasteiger partial charge is 0.305 e. The number of hydrogen-bond acceptors (Lipinski definition) is 3. The third-order valence-corrected chi connectivity index (χ3v) is 6.51. The number of fused-ring (bicyclic) bond motifs is 1. The molecule has 2 rings (SSSR count). The second-order valence-corrected chi connectivity index (χ2v) is 8.90. The first kappa shape index (κ1) is 23.9. The molecule has 1 amide bonds. The number of alkyl halides is 1. The maximum Gasteiger partial charge on any atom is 0.305 e. The van der Waals surface area contributed by atoms with E-state index in [9.17, 15) is 9.59 Å². The Labute approximate surface area is 184 Å². The molecule has 4 nitrogen and oxygen atoms in total. The molecule has 1 aliphatic rings. The number of esters is 1. The highest BCUT2D eigenvalue weighted by atomic mass is 79.9. The summed E-state index contributed by atoms with van der Waals surface area (Å²) in [6.07, 6.45) is 12.4. The number of unbranched alkanes of at least 4 members (excludes halogenated alkanes) is 7. The number of carbonyl (C=O) groups is 2. The Morgan fingerprint density at radius 2 is 1.76 bits per heavy atom. The van der Waals surface area contributed by atoms with Gasteiger partial charge in [0, 0.05) is 29.9 Å². The zero-order valence-corrected chi connectivity index (χ0v) is 19.6. The van der Waals surface area contributed by atoms with Crippen molar-refractivity contribution in [1.29, 1.82) is 0 Å². The summed E-state index contributed by atoms with van der Waals surface area (Å²) >= 11 is 3.49. The van der Waals surface area contributed by atoms with Gasteiger partial charge in [0.2, 0.25) is 0 Å². The molecule has 162 valence electrons. The maximum absolute atomic E-state index is 12.8. The predicted molar refractivity (Wildman–Crippen MR) is 121 cm³/mol. The lowest BCUT2D eigenvalue weighted by Crippen LogP contribution is -2.33. The van der Waals surface area contributed by atoms with Crippen LogP contribution in [0.2, 0.25) is 0 Å². The van der Waals surface area contributed by atoms with Crippen molar-refractivity contribution >= 4 is 27.8 Å². The molecule has 0 N–H and O–H groups in total. The fourth-order valence-electron chi connectivity index (χ4n) is 4.06. The zero-order chi connectivity index (χ0) is 21.1. The van der Waals surface area contributed by atoms with Crippen molar-refractivity contribution in [2.24, 2.45) is 0 Å². The van der Waals surface area contributed by atoms with E-state index in [0.717, 1.165) is 17.3 Å². The van der Waals surface area contributed by atoms with Crippen molar-refractivity contribution in [2.75, 3.05) is 12.4 Å². The maximum atomic E-state index is 12.8. The van der Waals surface area contributed by atoms with Crippen molar-refractivity contribution in [3.63, 3.8) is 0 Å². The molecule has 0 spiro atoms. The molecule has 1 aromatic carbocycles. The minimum atomic E-state index is -0.218. The number of halogens is 1. The predicted octanol–water partition coefficient (Wildman–Crippen LogP) is 6.04.